The fourth-order valence-corrected chi connectivity index (χ4v) is 3.24. The standard InChI is InChI=1S/C18H18FN3O4/c1-10-9-15(23)16(21-22(10)14-8-3-2-6-12(14)19)17(24)20-13-7-4-5-11(13)18(25)26/h2-3,6,8-9,11,13H,4-5,7H2,1H3,(H,20,24)(H,25,26)/t11-,13+/m0/s1. The van der Waals surface area contributed by atoms with Crippen LogP contribution in [-0.2, 0) is 4.79 Å². The number of aryl methyl sites for hydroxylation is 1. The lowest BCUT2D eigenvalue weighted by Gasteiger charge is -2.18. The molecule has 2 atom stereocenters. The van der Waals surface area contributed by atoms with Crippen molar-refractivity contribution < 1.29 is 19.1 Å². The van der Waals surface area contributed by atoms with E-state index in [-0.39, 0.29) is 5.69 Å². The zero-order valence-corrected chi connectivity index (χ0v) is 14.1. The van der Waals surface area contributed by atoms with Gasteiger partial charge in [0.15, 0.2) is 5.69 Å². The second kappa shape index (κ2) is 7.07. The van der Waals surface area contributed by atoms with Gasteiger partial charge >= 0.3 is 5.97 Å². The first-order valence-corrected chi connectivity index (χ1v) is 8.28. The summed E-state index contributed by atoms with van der Waals surface area (Å²) in [7, 11) is 0. The Labute approximate surface area is 148 Å². The molecule has 1 fully saturated rings. The number of carbonyl (C=O) groups excluding carboxylic acids is 1. The van der Waals surface area contributed by atoms with Crippen molar-refractivity contribution in [3.63, 3.8) is 0 Å². The molecule has 1 aromatic heterocycles. The van der Waals surface area contributed by atoms with Crippen molar-refractivity contribution in [3.05, 3.63) is 57.8 Å². The molecule has 136 valence electrons. The van der Waals surface area contributed by atoms with Gasteiger partial charge in [0, 0.05) is 17.8 Å². The number of halogens is 1. The average Bonchev–Trinajstić information content (AvgIpc) is 3.04. The number of rotatable bonds is 4. The normalized spacial score (nSPS) is 19.3. The molecule has 3 rings (SSSR count). The second-order valence-corrected chi connectivity index (χ2v) is 6.32. The number of hydrogen-bond acceptors (Lipinski definition) is 4. The van der Waals surface area contributed by atoms with E-state index in [9.17, 15) is 23.9 Å². The summed E-state index contributed by atoms with van der Waals surface area (Å²) in [6.45, 7) is 1.58. The number of carboxylic acids is 1. The molecule has 7 nitrogen and oxygen atoms in total. The number of amides is 1. The van der Waals surface area contributed by atoms with Crippen LogP contribution in [0.1, 0.15) is 35.4 Å². The summed E-state index contributed by atoms with van der Waals surface area (Å²) >= 11 is 0. The number of para-hydroxylation sites is 1. The van der Waals surface area contributed by atoms with E-state index in [0.717, 1.165) is 0 Å². The predicted octanol–water partition coefficient (Wildman–Crippen LogP) is 1.66. The second-order valence-electron chi connectivity index (χ2n) is 6.32. The van der Waals surface area contributed by atoms with Crippen LogP contribution in [0.2, 0.25) is 0 Å². The highest BCUT2D eigenvalue weighted by Gasteiger charge is 2.34. The Morgan fingerprint density at radius 2 is 2.04 bits per heavy atom. The van der Waals surface area contributed by atoms with E-state index in [0.29, 0.717) is 25.0 Å². The van der Waals surface area contributed by atoms with Crippen molar-refractivity contribution in [3.8, 4) is 5.69 Å². The molecule has 1 aliphatic rings. The number of nitrogens with zero attached hydrogens (tertiary/aromatic N) is 2. The van der Waals surface area contributed by atoms with Gasteiger partial charge in [-0.3, -0.25) is 14.4 Å². The van der Waals surface area contributed by atoms with Gasteiger partial charge in [-0.1, -0.05) is 18.6 Å². The zero-order chi connectivity index (χ0) is 18.8. The minimum absolute atomic E-state index is 0.114. The summed E-state index contributed by atoms with van der Waals surface area (Å²) in [5.41, 5.74) is -0.503. The molecule has 0 bridgehead atoms. The highest BCUT2D eigenvalue weighted by Crippen LogP contribution is 2.26. The molecule has 0 unspecified atom stereocenters. The Bertz CT molecular complexity index is 925. The largest absolute Gasteiger partial charge is 0.481 e. The van der Waals surface area contributed by atoms with Gasteiger partial charge in [0.25, 0.3) is 5.91 Å². The minimum atomic E-state index is -0.978. The zero-order valence-electron chi connectivity index (χ0n) is 14.1. The Hall–Kier alpha value is -3.03. The van der Waals surface area contributed by atoms with E-state index in [1.165, 1.54) is 28.9 Å². The van der Waals surface area contributed by atoms with Crippen molar-refractivity contribution in [2.24, 2.45) is 5.92 Å². The number of nitrogens with one attached hydrogen (secondary N) is 1. The summed E-state index contributed by atoms with van der Waals surface area (Å²) in [6.07, 6.45) is 1.68. The molecular weight excluding hydrogens is 341 g/mol. The maximum absolute atomic E-state index is 14.1. The van der Waals surface area contributed by atoms with Gasteiger partial charge in [-0.05, 0) is 31.9 Å². The summed E-state index contributed by atoms with van der Waals surface area (Å²) in [6, 6.07) is 6.54. The number of benzene rings is 1. The van der Waals surface area contributed by atoms with Crippen molar-refractivity contribution in [2.45, 2.75) is 32.2 Å². The van der Waals surface area contributed by atoms with Gasteiger partial charge in [0.05, 0.1) is 5.92 Å². The van der Waals surface area contributed by atoms with Crippen LogP contribution >= 0.6 is 0 Å². The van der Waals surface area contributed by atoms with Crippen LogP contribution in [0.25, 0.3) is 5.69 Å². The van der Waals surface area contributed by atoms with Crippen LogP contribution in [0.3, 0.4) is 0 Å². The first-order valence-electron chi connectivity index (χ1n) is 8.28. The molecule has 0 aliphatic heterocycles. The molecular formula is C18H18FN3O4. The summed E-state index contributed by atoms with van der Waals surface area (Å²) in [5, 5.41) is 15.8. The fourth-order valence-electron chi connectivity index (χ4n) is 3.24. The molecule has 0 radical (unpaired) electrons. The van der Waals surface area contributed by atoms with Gasteiger partial charge < -0.3 is 10.4 Å². The third-order valence-electron chi connectivity index (χ3n) is 4.55. The molecule has 1 aromatic carbocycles. The Kier molecular flexibility index (Phi) is 4.83. The molecule has 26 heavy (non-hydrogen) atoms. The topological polar surface area (TPSA) is 101 Å². The van der Waals surface area contributed by atoms with Gasteiger partial charge in [-0.25, -0.2) is 9.07 Å². The quantitative estimate of drug-likeness (QED) is 0.865. The lowest BCUT2D eigenvalue weighted by molar-refractivity contribution is -0.142. The monoisotopic (exact) mass is 359 g/mol. The third kappa shape index (κ3) is 3.35. The minimum Gasteiger partial charge on any atom is -0.481 e. The highest BCUT2D eigenvalue weighted by atomic mass is 19.1. The molecule has 1 aliphatic carbocycles. The Balaban J connectivity index is 1.94. The van der Waals surface area contributed by atoms with E-state index in [1.54, 1.807) is 13.0 Å². The molecule has 0 saturated heterocycles. The van der Waals surface area contributed by atoms with E-state index >= 15 is 0 Å². The van der Waals surface area contributed by atoms with Crippen molar-refractivity contribution >= 4 is 11.9 Å². The van der Waals surface area contributed by atoms with E-state index in [2.05, 4.69) is 10.4 Å². The smallest absolute Gasteiger partial charge is 0.308 e. The van der Waals surface area contributed by atoms with Crippen molar-refractivity contribution in [2.75, 3.05) is 0 Å². The average molecular weight is 359 g/mol. The van der Waals surface area contributed by atoms with Gasteiger partial charge in [0.2, 0.25) is 5.43 Å². The maximum Gasteiger partial charge on any atom is 0.308 e. The number of hydrogen-bond donors (Lipinski definition) is 2. The molecule has 1 heterocycles. The van der Waals surface area contributed by atoms with Crippen molar-refractivity contribution in [1.82, 2.24) is 15.1 Å². The van der Waals surface area contributed by atoms with Crippen LogP contribution in [-0.4, -0.2) is 32.8 Å². The van der Waals surface area contributed by atoms with E-state index in [1.807, 2.05) is 0 Å². The molecule has 2 aromatic rings. The number of aromatic nitrogens is 2. The van der Waals surface area contributed by atoms with Crippen LogP contribution in [0, 0.1) is 18.7 Å². The molecule has 1 saturated carbocycles. The van der Waals surface area contributed by atoms with Crippen LogP contribution in [0.4, 0.5) is 4.39 Å². The first kappa shape index (κ1) is 17.8. The molecule has 2 N–H and O–H groups in total. The van der Waals surface area contributed by atoms with E-state index < -0.39 is 40.8 Å². The van der Waals surface area contributed by atoms with Crippen LogP contribution in [0.15, 0.2) is 35.1 Å². The third-order valence-corrected chi connectivity index (χ3v) is 4.55. The van der Waals surface area contributed by atoms with Crippen LogP contribution in [0.5, 0.6) is 0 Å². The van der Waals surface area contributed by atoms with Gasteiger partial charge in [-0.2, -0.15) is 5.10 Å². The Morgan fingerprint density at radius 3 is 2.73 bits per heavy atom. The number of aliphatic carboxylic acids is 1. The Morgan fingerprint density at radius 1 is 1.31 bits per heavy atom. The fraction of sp³-hybridized carbons (Fsp3) is 0.333. The summed E-state index contributed by atoms with van der Waals surface area (Å²) in [5.74, 6) is -2.95. The highest BCUT2D eigenvalue weighted by molar-refractivity contribution is 5.92. The number of carboxylic acid groups (broad SMARTS) is 1. The van der Waals surface area contributed by atoms with E-state index in [4.69, 9.17) is 0 Å². The van der Waals surface area contributed by atoms with Gasteiger partial charge in [0.1, 0.15) is 11.5 Å². The molecule has 8 heteroatoms. The first-order chi connectivity index (χ1) is 12.4. The number of carbonyl (C=O) groups is 2. The lowest BCUT2D eigenvalue weighted by atomic mass is 10.0. The van der Waals surface area contributed by atoms with Crippen molar-refractivity contribution in [1.29, 1.82) is 0 Å². The molecule has 1 amide bonds. The molecule has 0 spiro atoms. The summed E-state index contributed by atoms with van der Waals surface area (Å²) < 4.78 is 15.2. The predicted molar refractivity (Wildman–Crippen MR) is 90.8 cm³/mol. The lowest BCUT2D eigenvalue weighted by Crippen LogP contribution is -2.42. The SMILES string of the molecule is Cc1cc(=O)c(C(=O)N[C@@H]2CCC[C@@H]2C(=O)O)nn1-c1ccccc1F. The summed E-state index contributed by atoms with van der Waals surface area (Å²) in [4.78, 5) is 35.9. The van der Waals surface area contributed by atoms with Gasteiger partial charge in [-0.15, -0.1) is 0 Å². The van der Waals surface area contributed by atoms with Crippen LogP contribution < -0.4 is 10.7 Å². The maximum atomic E-state index is 14.1.